The van der Waals surface area contributed by atoms with E-state index in [1.165, 1.54) is 17.3 Å². The van der Waals surface area contributed by atoms with Gasteiger partial charge in [0.1, 0.15) is 6.33 Å². The molecule has 2 aromatic carbocycles. The molecule has 0 aliphatic carbocycles. The van der Waals surface area contributed by atoms with Crippen molar-refractivity contribution in [3.05, 3.63) is 72.1 Å². The Labute approximate surface area is 193 Å². The van der Waals surface area contributed by atoms with Gasteiger partial charge in [-0.1, -0.05) is 68.1 Å². The Morgan fingerprint density at radius 2 is 1.81 bits per heavy atom. The first-order valence-corrected chi connectivity index (χ1v) is 13.3. The minimum absolute atomic E-state index is 0.0193. The number of benzene rings is 2. The maximum absolute atomic E-state index is 12.2. The Hall–Kier alpha value is -2.65. The molecular formula is C23H28N4O3S2. The average Bonchev–Trinajstić information content (AvgIpc) is 3.24. The number of rotatable bonds is 11. The first-order chi connectivity index (χ1) is 15.3. The molecule has 1 amide bonds. The summed E-state index contributed by atoms with van der Waals surface area (Å²) in [5.74, 6) is 0.525. The lowest BCUT2D eigenvalue weighted by Gasteiger charge is -2.09. The van der Waals surface area contributed by atoms with Crippen LogP contribution in [0.3, 0.4) is 0 Å². The van der Waals surface area contributed by atoms with E-state index in [4.69, 9.17) is 0 Å². The van der Waals surface area contributed by atoms with Crippen molar-refractivity contribution in [3.63, 3.8) is 0 Å². The molecule has 170 valence electrons. The van der Waals surface area contributed by atoms with Gasteiger partial charge >= 0.3 is 0 Å². The second-order valence-electron chi connectivity index (χ2n) is 7.80. The van der Waals surface area contributed by atoms with Crippen LogP contribution in [0, 0.1) is 0 Å². The van der Waals surface area contributed by atoms with Crippen LogP contribution in [0.4, 0.5) is 0 Å². The van der Waals surface area contributed by atoms with Crippen molar-refractivity contribution in [1.82, 2.24) is 20.1 Å². The predicted octanol–water partition coefficient (Wildman–Crippen LogP) is 3.60. The Morgan fingerprint density at radius 1 is 1.09 bits per heavy atom. The van der Waals surface area contributed by atoms with Gasteiger partial charge in [-0.05, 0) is 35.6 Å². The minimum Gasteiger partial charge on any atom is -0.355 e. The highest BCUT2D eigenvalue weighted by atomic mass is 32.2. The summed E-state index contributed by atoms with van der Waals surface area (Å²) in [7, 11) is -3.20. The fraction of sp³-hybridized carbons (Fsp3) is 0.348. The third-order valence-corrected chi connectivity index (χ3v) is 7.50. The highest BCUT2D eigenvalue weighted by Crippen LogP contribution is 2.21. The monoisotopic (exact) mass is 472 g/mol. The number of aromatic nitrogens is 3. The lowest BCUT2D eigenvalue weighted by molar-refractivity contribution is -0.118. The third kappa shape index (κ3) is 7.20. The molecule has 0 atom stereocenters. The van der Waals surface area contributed by atoms with Crippen LogP contribution in [0.2, 0.25) is 0 Å². The quantitative estimate of drug-likeness (QED) is 0.338. The number of sulfone groups is 1. The summed E-state index contributed by atoms with van der Waals surface area (Å²) in [4.78, 5) is 12.2. The van der Waals surface area contributed by atoms with Crippen molar-refractivity contribution in [2.24, 2.45) is 0 Å². The molecule has 0 saturated carbocycles. The molecule has 0 aliphatic rings. The molecule has 1 aromatic heterocycles. The maximum atomic E-state index is 12.2. The lowest BCUT2D eigenvalue weighted by Crippen LogP contribution is -2.27. The first-order valence-electron chi connectivity index (χ1n) is 10.5. The smallest absolute Gasteiger partial charge is 0.230 e. The number of thioether (sulfide) groups is 1. The van der Waals surface area contributed by atoms with Gasteiger partial charge in [-0.2, -0.15) is 0 Å². The Bertz CT molecular complexity index is 1110. The van der Waals surface area contributed by atoms with E-state index in [0.29, 0.717) is 24.0 Å². The zero-order valence-corrected chi connectivity index (χ0v) is 19.9. The molecule has 32 heavy (non-hydrogen) atoms. The minimum atomic E-state index is -3.20. The van der Waals surface area contributed by atoms with Crippen LogP contribution in [0.25, 0.3) is 5.69 Å². The normalized spacial score (nSPS) is 11.6. The molecule has 0 aliphatic heterocycles. The number of hydrogen-bond donors (Lipinski definition) is 1. The van der Waals surface area contributed by atoms with Gasteiger partial charge in [-0.25, -0.2) is 8.42 Å². The average molecular weight is 473 g/mol. The highest BCUT2D eigenvalue weighted by Gasteiger charge is 2.13. The first kappa shape index (κ1) is 24.0. The second kappa shape index (κ2) is 11.3. The fourth-order valence-electron chi connectivity index (χ4n) is 3.12. The van der Waals surface area contributed by atoms with Gasteiger partial charge in [0.05, 0.1) is 17.3 Å². The van der Waals surface area contributed by atoms with Crippen molar-refractivity contribution in [2.45, 2.75) is 37.1 Å². The number of hydrogen-bond acceptors (Lipinski definition) is 6. The van der Waals surface area contributed by atoms with Crippen molar-refractivity contribution in [1.29, 1.82) is 0 Å². The number of nitrogens with one attached hydrogen (secondary N) is 1. The van der Waals surface area contributed by atoms with E-state index in [1.54, 1.807) is 18.5 Å². The summed E-state index contributed by atoms with van der Waals surface area (Å²) in [5, 5.41) is 11.5. The van der Waals surface area contributed by atoms with E-state index < -0.39 is 9.84 Å². The van der Waals surface area contributed by atoms with Crippen LogP contribution in [0.1, 0.15) is 37.3 Å². The molecule has 0 spiro atoms. The van der Waals surface area contributed by atoms with Crippen LogP contribution in [0.5, 0.6) is 0 Å². The SMILES string of the molecule is CC(C)c1ccc(-n2cnnc2SCC(=O)NCCCS(=O)(=O)Cc2ccccc2)cc1. The van der Waals surface area contributed by atoms with Gasteiger partial charge in [0, 0.05) is 12.2 Å². The molecule has 7 nitrogen and oxygen atoms in total. The van der Waals surface area contributed by atoms with Crippen LogP contribution >= 0.6 is 11.8 Å². The molecule has 0 bridgehead atoms. The van der Waals surface area contributed by atoms with Gasteiger partial charge in [-0.3, -0.25) is 9.36 Å². The molecule has 1 N–H and O–H groups in total. The molecule has 0 saturated heterocycles. The second-order valence-corrected chi connectivity index (χ2v) is 10.9. The fourth-order valence-corrected chi connectivity index (χ4v) is 5.31. The summed E-state index contributed by atoms with van der Waals surface area (Å²) in [6.45, 7) is 4.61. The summed E-state index contributed by atoms with van der Waals surface area (Å²) >= 11 is 1.29. The molecule has 0 fully saturated rings. The Kier molecular flexibility index (Phi) is 8.46. The third-order valence-electron chi connectivity index (χ3n) is 4.87. The van der Waals surface area contributed by atoms with E-state index in [1.807, 2.05) is 34.9 Å². The largest absolute Gasteiger partial charge is 0.355 e. The molecule has 0 radical (unpaired) electrons. The standard InChI is InChI=1S/C23H28N4O3S2/c1-18(2)20-9-11-21(12-10-20)27-17-25-26-23(27)31-15-22(28)24-13-6-14-32(29,30)16-19-7-4-3-5-8-19/h3-5,7-12,17-18H,6,13-16H2,1-2H3,(H,24,28). The predicted molar refractivity (Wildman–Crippen MR) is 128 cm³/mol. The molecule has 9 heteroatoms. The molecular weight excluding hydrogens is 444 g/mol. The van der Waals surface area contributed by atoms with Crippen molar-refractivity contribution in [3.8, 4) is 5.69 Å². The van der Waals surface area contributed by atoms with Gasteiger partial charge < -0.3 is 5.32 Å². The molecule has 3 rings (SSSR count). The zero-order valence-electron chi connectivity index (χ0n) is 18.3. The van der Waals surface area contributed by atoms with Crippen LogP contribution in [-0.2, 0) is 20.4 Å². The van der Waals surface area contributed by atoms with Gasteiger partial charge in [-0.15, -0.1) is 10.2 Å². The van der Waals surface area contributed by atoms with Gasteiger partial charge in [0.2, 0.25) is 5.91 Å². The number of carbonyl (C=O) groups excluding carboxylic acids is 1. The summed E-state index contributed by atoms with van der Waals surface area (Å²) < 4.78 is 26.3. The van der Waals surface area contributed by atoms with Crippen molar-refractivity contribution < 1.29 is 13.2 Å². The highest BCUT2D eigenvalue weighted by molar-refractivity contribution is 7.99. The zero-order chi connectivity index (χ0) is 23.0. The number of carbonyl (C=O) groups is 1. The summed E-state index contributed by atoms with van der Waals surface area (Å²) in [5.41, 5.74) is 2.96. The maximum Gasteiger partial charge on any atom is 0.230 e. The van der Waals surface area contributed by atoms with Crippen LogP contribution in [-0.4, -0.2) is 47.1 Å². The summed E-state index contributed by atoms with van der Waals surface area (Å²) in [6, 6.07) is 17.3. The molecule has 0 unspecified atom stereocenters. The topological polar surface area (TPSA) is 93.9 Å². The van der Waals surface area contributed by atoms with E-state index in [2.05, 4.69) is 41.5 Å². The Morgan fingerprint density at radius 3 is 2.50 bits per heavy atom. The lowest BCUT2D eigenvalue weighted by atomic mass is 10.0. The van der Waals surface area contributed by atoms with Gasteiger partial charge in [0.15, 0.2) is 15.0 Å². The van der Waals surface area contributed by atoms with Crippen LogP contribution in [0.15, 0.2) is 66.1 Å². The summed E-state index contributed by atoms with van der Waals surface area (Å²) in [6.07, 6.45) is 2.01. The molecule has 1 heterocycles. The van der Waals surface area contributed by atoms with E-state index in [0.717, 1.165) is 11.3 Å². The Balaban J connectivity index is 1.42. The van der Waals surface area contributed by atoms with Crippen molar-refractivity contribution >= 4 is 27.5 Å². The van der Waals surface area contributed by atoms with E-state index in [-0.39, 0.29) is 23.2 Å². The number of amides is 1. The number of nitrogens with zero attached hydrogens (tertiary/aromatic N) is 3. The van der Waals surface area contributed by atoms with Gasteiger partial charge in [0.25, 0.3) is 0 Å². The van der Waals surface area contributed by atoms with E-state index >= 15 is 0 Å². The van der Waals surface area contributed by atoms with Crippen molar-refractivity contribution in [2.75, 3.05) is 18.1 Å². The van der Waals surface area contributed by atoms with Crippen LogP contribution < -0.4 is 5.32 Å². The molecule has 3 aromatic rings. The van der Waals surface area contributed by atoms with E-state index in [9.17, 15) is 13.2 Å².